The lowest BCUT2D eigenvalue weighted by Crippen LogP contribution is -2.22. The van der Waals surface area contributed by atoms with Gasteiger partial charge in [-0.3, -0.25) is 0 Å². The van der Waals surface area contributed by atoms with E-state index in [4.69, 9.17) is 17.5 Å². The van der Waals surface area contributed by atoms with Gasteiger partial charge in [-0.25, -0.2) is 0 Å². The van der Waals surface area contributed by atoms with Gasteiger partial charge in [-0.1, -0.05) is 54.3 Å². The maximum Gasteiger partial charge on any atom is 0.134 e. The molecule has 0 fully saturated rings. The molecule has 1 aromatic rings. The first-order chi connectivity index (χ1) is 7.74. The van der Waals surface area contributed by atoms with Crippen LogP contribution in [-0.2, 0) is 0 Å². The van der Waals surface area contributed by atoms with Crippen molar-refractivity contribution in [1.29, 1.82) is 5.26 Å². The lowest BCUT2D eigenvalue weighted by molar-refractivity contribution is 0.730. The molecule has 0 bridgehead atoms. The molecule has 0 saturated carbocycles. The SMILES string of the molecule is CC(NC(=S)SCCC#N)c1ccccc1. The number of nitriles is 1. The van der Waals surface area contributed by atoms with Crippen molar-refractivity contribution in [2.75, 3.05) is 5.75 Å². The van der Waals surface area contributed by atoms with E-state index in [2.05, 4.69) is 30.4 Å². The normalized spacial score (nSPS) is 11.5. The quantitative estimate of drug-likeness (QED) is 0.657. The van der Waals surface area contributed by atoms with Gasteiger partial charge < -0.3 is 5.32 Å². The molecule has 84 valence electrons. The van der Waals surface area contributed by atoms with Crippen molar-refractivity contribution in [1.82, 2.24) is 5.32 Å². The average Bonchev–Trinajstić information content (AvgIpc) is 2.30. The lowest BCUT2D eigenvalue weighted by Gasteiger charge is -2.15. The highest BCUT2D eigenvalue weighted by atomic mass is 32.2. The van der Waals surface area contributed by atoms with E-state index in [9.17, 15) is 0 Å². The highest BCUT2D eigenvalue weighted by molar-refractivity contribution is 8.22. The van der Waals surface area contributed by atoms with E-state index in [-0.39, 0.29) is 6.04 Å². The van der Waals surface area contributed by atoms with Crippen molar-refractivity contribution in [3.8, 4) is 6.07 Å². The Morgan fingerprint density at radius 2 is 2.19 bits per heavy atom. The molecule has 1 unspecified atom stereocenters. The third kappa shape index (κ3) is 4.65. The Balaban J connectivity index is 2.37. The highest BCUT2D eigenvalue weighted by Crippen LogP contribution is 2.14. The molecule has 0 radical (unpaired) electrons. The summed E-state index contributed by atoms with van der Waals surface area (Å²) in [6, 6.07) is 12.5. The molecular formula is C12H14N2S2. The van der Waals surface area contributed by atoms with E-state index in [1.165, 1.54) is 17.3 Å². The molecule has 4 heteroatoms. The maximum absolute atomic E-state index is 8.41. The van der Waals surface area contributed by atoms with E-state index in [0.29, 0.717) is 6.42 Å². The molecule has 0 saturated heterocycles. The van der Waals surface area contributed by atoms with Crippen molar-refractivity contribution in [2.24, 2.45) is 0 Å². The van der Waals surface area contributed by atoms with Gasteiger partial charge in [0.1, 0.15) is 4.32 Å². The molecular weight excluding hydrogens is 236 g/mol. The van der Waals surface area contributed by atoms with Crippen molar-refractivity contribution >= 4 is 28.3 Å². The number of nitrogens with zero attached hydrogens (tertiary/aromatic N) is 1. The van der Waals surface area contributed by atoms with Gasteiger partial charge in [-0.05, 0) is 12.5 Å². The molecule has 1 rings (SSSR count). The summed E-state index contributed by atoms with van der Waals surface area (Å²) in [4.78, 5) is 0. The largest absolute Gasteiger partial charge is 0.364 e. The minimum Gasteiger partial charge on any atom is -0.364 e. The van der Waals surface area contributed by atoms with Crippen LogP contribution in [0.1, 0.15) is 24.9 Å². The van der Waals surface area contributed by atoms with E-state index in [1.54, 1.807) is 0 Å². The van der Waals surface area contributed by atoms with E-state index in [0.717, 1.165) is 10.1 Å². The number of thiocarbonyl (C=S) groups is 1. The zero-order valence-electron chi connectivity index (χ0n) is 9.14. The Bertz CT molecular complexity index is 370. The topological polar surface area (TPSA) is 35.8 Å². The molecule has 16 heavy (non-hydrogen) atoms. The molecule has 1 aromatic carbocycles. The number of thioether (sulfide) groups is 1. The van der Waals surface area contributed by atoms with Crippen LogP contribution >= 0.6 is 24.0 Å². The molecule has 0 heterocycles. The fourth-order valence-corrected chi connectivity index (χ4v) is 2.30. The summed E-state index contributed by atoms with van der Waals surface area (Å²) in [5.41, 5.74) is 1.21. The summed E-state index contributed by atoms with van der Waals surface area (Å²) >= 11 is 6.71. The predicted molar refractivity (Wildman–Crippen MR) is 73.3 cm³/mol. The van der Waals surface area contributed by atoms with Crippen LogP contribution in [0.25, 0.3) is 0 Å². The van der Waals surface area contributed by atoms with Crippen molar-refractivity contribution < 1.29 is 0 Å². The summed E-state index contributed by atoms with van der Waals surface area (Å²) < 4.78 is 0.756. The van der Waals surface area contributed by atoms with Crippen molar-refractivity contribution in [2.45, 2.75) is 19.4 Å². The molecule has 1 N–H and O–H groups in total. The zero-order chi connectivity index (χ0) is 11.8. The van der Waals surface area contributed by atoms with Crippen LogP contribution < -0.4 is 5.32 Å². The van der Waals surface area contributed by atoms with E-state index >= 15 is 0 Å². The van der Waals surface area contributed by atoms with Gasteiger partial charge in [-0.15, -0.1) is 0 Å². The van der Waals surface area contributed by atoms with Gasteiger partial charge in [0.2, 0.25) is 0 Å². The van der Waals surface area contributed by atoms with Crippen LogP contribution in [0.4, 0.5) is 0 Å². The van der Waals surface area contributed by atoms with Crippen molar-refractivity contribution in [3.05, 3.63) is 35.9 Å². The summed E-state index contributed by atoms with van der Waals surface area (Å²) in [6.07, 6.45) is 0.534. The second kappa shape index (κ2) is 7.26. The number of nitrogens with one attached hydrogen (secondary N) is 1. The summed E-state index contributed by atoms with van der Waals surface area (Å²) in [7, 11) is 0. The van der Waals surface area contributed by atoms with Gasteiger partial charge in [0, 0.05) is 18.2 Å². The Kier molecular flexibility index (Phi) is 5.91. The third-order valence-corrected chi connectivity index (χ3v) is 3.34. The number of hydrogen-bond donors (Lipinski definition) is 1. The van der Waals surface area contributed by atoms with Crippen LogP contribution in [0, 0.1) is 11.3 Å². The zero-order valence-corrected chi connectivity index (χ0v) is 10.8. The molecule has 0 amide bonds. The van der Waals surface area contributed by atoms with Gasteiger partial charge in [0.05, 0.1) is 6.07 Å². The van der Waals surface area contributed by atoms with Gasteiger partial charge in [0.25, 0.3) is 0 Å². The number of hydrogen-bond acceptors (Lipinski definition) is 3. The van der Waals surface area contributed by atoms with Crippen LogP contribution in [0.3, 0.4) is 0 Å². The molecule has 0 aliphatic heterocycles. The molecule has 0 aromatic heterocycles. The van der Waals surface area contributed by atoms with Gasteiger partial charge >= 0.3 is 0 Å². The van der Waals surface area contributed by atoms with Gasteiger partial charge in [-0.2, -0.15) is 5.26 Å². The van der Waals surface area contributed by atoms with E-state index < -0.39 is 0 Å². The second-order valence-electron chi connectivity index (χ2n) is 3.32. The predicted octanol–water partition coefficient (Wildman–Crippen LogP) is 3.27. The maximum atomic E-state index is 8.41. The lowest BCUT2D eigenvalue weighted by atomic mass is 10.1. The first-order valence-corrected chi connectivity index (χ1v) is 6.48. The fraction of sp³-hybridized carbons (Fsp3) is 0.333. The summed E-state index contributed by atoms with van der Waals surface area (Å²) in [5.74, 6) is 0.754. The molecule has 0 aliphatic rings. The van der Waals surface area contributed by atoms with Crippen LogP contribution in [0.15, 0.2) is 30.3 Å². The Morgan fingerprint density at radius 3 is 2.81 bits per heavy atom. The van der Waals surface area contributed by atoms with Crippen molar-refractivity contribution in [3.63, 3.8) is 0 Å². The summed E-state index contributed by atoms with van der Waals surface area (Å²) in [6.45, 7) is 2.08. The molecule has 1 atom stereocenters. The monoisotopic (exact) mass is 250 g/mol. The first kappa shape index (κ1) is 13.0. The Hall–Kier alpha value is -1.05. The Morgan fingerprint density at radius 1 is 1.50 bits per heavy atom. The smallest absolute Gasteiger partial charge is 0.134 e. The van der Waals surface area contributed by atoms with Crippen LogP contribution in [-0.4, -0.2) is 10.1 Å². The first-order valence-electron chi connectivity index (χ1n) is 5.09. The van der Waals surface area contributed by atoms with Crippen LogP contribution in [0.5, 0.6) is 0 Å². The second-order valence-corrected chi connectivity index (χ2v) is 5.09. The number of rotatable bonds is 4. The minimum atomic E-state index is 0.211. The summed E-state index contributed by atoms with van der Waals surface area (Å²) in [5, 5.41) is 11.7. The standard InChI is InChI=1S/C12H14N2S2/c1-10(11-6-3-2-4-7-11)14-12(15)16-9-5-8-13/h2-4,6-7,10H,5,9H2,1H3,(H,14,15). The molecule has 0 spiro atoms. The molecule has 2 nitrogen and oxygen atoms in total. The number of benzene rings is 1. The van der Waals surface area contributed by atoms with Gasteiger partial charge in [0.15, 0.2) is 0 Å². The van der Waals surface area contributed by atoms with E-state index in [1.807, 2.05) is 18.2 Å². The average molecular weight is 250 g/mol. The van der Waals surface area contributed by atoms with Crippen LogP contribution in [0.2, 0.25) is 0 Å². The highest BCUT2D eigenvalue weighted by Gasteiger charge is 2.06. The fourth-order valence-electron chi connectivity index (χ4n) is 1.23. The molecule has 0 aliphatic carbocycles. The Labute approximate surface area is 106 Å². The minimum absolute atomic E-state index is 0.211. The third-order valence-electron chi connectivity index (χ3n) is 2.08.